The topological polar surface area (TPSA) is 91.1 Å². The second-order valence-electron chi connectivity index (χ2n) is 6.20. The summed E-state index contributed by atoms with van der Waals surface area (Å²) >= 11 is 0. The summed E-state index contributed by atoms with van der Waals surface area (Å²) in [6, 6.07) is 3.52. The average molecular weight is 328 g/mol. The Bertz CT molecular complexity index is 630. The highest BCUT2D eigenvalue weighted by molar-refractivity contribution is 5.82. The molecule has 3 rings (SSSR count). The molecular weight excluding hydrogens is 304 g/mol. The molecule has 1 aliphatic heterocycles. The van der Waals surface area contributed by atoms with Crippen LogP contribution < -0.4 is 5.73 Å². The standard InChI is InChI=1S/C17H24N6O/c18-16(9-15-11-20-13-21-15)17(24)23-6-2-5-22(7-8-23)12-14-3-1-4-19-10-14/h1,3-4,10-11,13,16H,2,5-9,12,18H2,(H,20,21)/t16-/m0/s1. The minimum atomic E-state index is -0.518. The SMILES string of the molecule is N[C@@H](Cc1cnc[nH]1)C(=O)N1CCCN(Cc2cccnc2)CC1. The molecule has 1 saturated heterocycles. The molecule has 1 fully saturated rings. The minimum Gasteiger partial charge on any atom is -0.348 e. The van der Waals surface area contributed by atoms with E-state index in [2.05, 4.69) is 25.9 Å². The van der Waals surface area contributed by atoms with E-state index in [0.29, 0.717) is 6.42 Å². The third-order valence-corrected chi connectivity index (χ3v) is 4.34. The summed E-state index contributed by atoms with van der Waals surface area (Å²) in [6.07, 6.45) is 8.46. The Morgan fingerprint density at radius 1 is 1.25 bits per heavy atom. The van der Waals surface area contributed by atoms with E-state index < -0.39 is 6.04 Å². The number of H-pyrrole nitrogens is 1. The molecule has 128 valence electrons. The van der Waals surface area contributed by atoms with E-state index in [4.69, 9.17) is 5.73 Å². The first-order valence-electron chi connectivity index (χ1n) is 8.35. The Morgan fingerprint density at radius 2 is 2.17 bits per heavy atom. The summed E-state index contributed by atoms with van der Waals surface area (Å²) in [7, 11) is 0. The van der Waals surface area contributed by atoms with Crippen LogP contribution in [0, 0.1) is 0 Å². The molecule has 0 saturated carbocycles. The van der Waals surface area contributed by atoms with Crippen LogP contribution in [0.3, 0.4) is 0 Å². The normalized spacial score (nSPS) is 17.5. The number of pyridine rings is 1. The highest BCUT2D eigenvalue weighted by atomic mass is 16.2. The third-order valence-electron chi connectivity index (χ3n) is 4.34. The van der Waals surface area contributed by atoms with Crippen molar-refractivity contribution in [1.29, 1.82) is 0 Å². The van der Waals surface area contributed by atoms with Gasteiger partial charge < -0.3 is 15.6 Å². The van der Waals surface area contributed by atoms with Gasteiger partial charge in [-0.1, -0.05) is 6.07 Å². The van der Waals surface area contributed by atoms with Gasteiger partial charge in [0.05, 0.1) is 12.4 Å². The highest BCUT2D eigenvalue weighted by Gasteiger charge is 2.24. The van der Waals surface area contributed by atoms with E-state index in [9.17, 15) is 4.79 Å². The van der Waals surface area contributed by atoms with Gasteiger partial charge in [0.2, 0.25) is 5.91 Å². The van der Waals surface area contributed by atoms with Gasteiger partial charge in [0.15, 0.2) is 0 Å². The second-order valence-corrected chi connectivity index (χ2v) is 6.20. The zero-order valence-corrected chi connectivity index (χ0v) is 13.8. The fourth-order valence-electron chi connectivity index (χ4n) is 3.05. The average Bonchev–Trinajstić information content (AvgIpc) is 3.00. The van der Waals surface area contributed by atoms with E-state index in [-0.39, 0.29) is 5.91 Å². The number of hydrogen-bond donors (Lipinski definition) is 2. The second kappa shape index (κ2) is 8.03. The van der Waals surface area contributed by atoms with Crippen molar-refractivity contribution in [3.05, 3.63) is 48.3 Å². The smallest absolute Gasteiger partial charge is 0.239 e. The van der Waals surface area contributed by atoms with Crippen LogP contribution in [0.5, 0.6) is 0 Å². The monoisotopic (exact) mass is 328 g/mol. The Hall–Kier alpha value is -2.25. The van der Waals surface area contributed by atoms with Gasteiger partial charge >= 0.3 is 0 Å². The van der Waals surface area contributed by atoms with Crippen LogP contribution in [0.25, 0.3) is 0 Å². The molecule has 0 bridgehead atoms. The quantitative estimate of drug-likeness (QED) is 0.829. The summed E-state index contributed by atoms with van der Waals surface area (Å²) < 4.78 is 0. The first-order chi connectivity index (χ1) is 11.7. The fourth-order valence-corrected chi connectivity index (χ4v) is 3.05. The van der Waals surface area contributed by atoms with Gasteiger partial charge in [-0.3, -0.25) is 14.7 Å². The molecule has 0 aliphatic carbocycles. The van der Waals surface area contributed by atoms with Crippen LogP contribution >= 0.6 is 0 Å². The van der Waals surface area contributed by atoms with Gasteiger partial charge in [-0.2, -0.15) is 0 Å². The number of aromatic amines is 1. The fraction of sp³-hybridized carbons (Fsp3) is 0.471. The first kappa shape index (κ1) is 16.6. The van der Waals surface area contributed by atoms with Gasteiger partial charge in [0.25, 0.3) is 0 Å². The number of nitrogens with two attached hydrogens (primary N) is 1. The lowest BCUT2D eigenvalue weighted by Gasteiger charge is -2.24. The predicted molar refractivity (Wildman–Crippen MR) is 91.0 cm³/mol. The van der Waals surface area contributed by atoms with E-state index in [1.807, 2.05) is 17.2 Å². The number of nitrogens with zero attached hydrogens (tertiary/aromatic N) is 4. The summed E-state index contributed by atoms with van der Waals surface area (Å²) in [5.74, 6) is 0.0211. The van der Waals surface area contributed by atoms with E-state index in [0.717, 1.165) is 44.8 Å². The number of imidazole rings is 1. The van der Waals surface area contributed by atoms with Crippen molar-refractivity contribution >= 4 is 5.91 Å². The Balaban J connectivity index is 1.52. The van der Waals surface area contributed by atoms with Crippen molar-refractivity contribution in [2.75, 3.05) is 26.2 Å². The van der Waals surface area contributed by atoms with Crippen LogP contribution in [0.4, 0.5) is 0 Å². The Labute approximate surface area is 141 Å². The van der Waals surface area contributed by atoms with Crippen LogP contribution in [0.2, 0.25) is 0 Å². The molecule has 7 nitrogen and oxygen atoms in total. The largest absolute Gasteiger partial charge is 0.348 e. The molecular formula is C17H24N6O. The van der Waals surface area contributed by atoms with Crippen LogP contribution in [-0.4, -0.2) is 62.9 Å². The molecule has 3 N–H and O–H groups in total. The molecule has 1 amide bonds. The zero-order chi connectivity index (χ0) is 16.8. The number of amides is 1. The van der Waals surface area contributed by atoms with E-state index in [1.165, 1.54) is 5.56 Å². The van der Waals surface area contributed by atoms with Gasteiger partial charge in [-0.25, -0.2) is 4.98 Å². The molecule has 7 heteroatoms. The Morgan fingerprint density at radius 3 is 2.92 bits per heavy atom. The lowest BCUT2D eigenvalue weighted by atomic mass is 10.1. The molecule has 1 atom stereocenters. The Kier molecular flexibility index (Phi) is 5.55. The number of carbonyl (C=O) groups excluding carboxylic acids is 1. The van der Waals surface area contributed by atoms with Crippen LogP contribution in [0.15, 0.2) is 37.1 Å². The lowest BCUT2D eigenvalue weighted by Crippen LogP contribution is -2.46. The van der Waals surface area contributed by atoms with E-state index in [1.54, 1.807) is 18.7 Å². The van der Waals surface area contributed by atoms with E-state index >= 15 is 0 Å². The van der Waals surface area contributed by atoms with Crippen molar-refractivity contribution in [2.45, 2.75) is 25.4 Å². The van der Waals surface area contributed by atoms with Crippen molar-refractivity contribution in [3.63, 3.8) is 0 Å². The highest BCUT2D eigenvalue weighted by Crippen LogP contribution is 2.10. The maximum absolute atomic E-state index is 12.6. The van der Waals surface area contributed by atoms with Crippen LogP contribution in [0.1, 0.15) is 17.7 Å². The van der Waals surface area contributed by atoms with Crippen molar-refractivity contribution in [2.24, 2.45) is 5.73 Å². The first-order valence-corrected chi connectivity index (χ1v) is 8.35. The molecule has 0 aromatic carbocycles. The molecule has 0 spiro atoms. The van der Waals surface area contributed by atoms with Gasteiger partial charge in [0.1, 0.15) is 0 Å². The minimum absolute atomic E-state index is 0.0211. The van der Waals surface area contributed by atoms with Crippen molar-refractivity contribution in [3.8, 4) is 0 Å². The molecule has 3 heterocycles. The maximum atomic E-state index is 12.6. The number of nitrogens with one attached hydrogen (secondary N) is 1. The predicted octanol–water partition coefficient (Wildman–Crippen LogP) is 0.409. The molecule has 0 radical (unpaired) electrons. The molecule has 1 aliphatic rings. The summed E-state index contributed by atoms with van der Waals surface area (Å²) in [4.78, 5) is 28.0. The van der Waals surface area contributed by atoms with Crippen molar-refractivity contribution < 1.29 is 4.79 Å². The van der Waals surface area contributed by atoms with Gasteiger partial charge in [0, 0.05) is 63.4 Å². The molecule has 2 aromatic rings. The molecule has 2 aromatic heterocycles. The maximum Gasteiger partial charge on any atom is 0.239 e. The number of rotatable bonds is 5. The van der Waals surface area contributed by atoms with Gasteiger partial charge in [-0.15, -0.1) is 0 Å². The van der Waals surface area contributed by atoms with Crippen LogP contribution in [-0.2, 0) is 17.8 Å². The summed E-state index contributed by atoms with van der Waals surface area (Å²) in [6.45, 7) is 4.19. The lowest BCUT2D eigenvalue weighted by molar-refractivity contribution is -0.132. The number of carbonyl (C=O) groups is 1. The van der Waals surface area contributed by atoms with Gasteiger partial charge in [-0.05, 0) is 18.1 Å². The number of aromatic nitrogens is 3. The zero-order valence-electron chi connectivity index (χ0n) is 13.8. The molecule has 0 unspecified atom stereocenters. The summed E-state index contributed by atoms with van der Waals surface area (Å²) in [5.41, 5.74) is 8.18. The third kappa shape index (κ3) is 4.39. The molecule has 24 heavy (non-hydrogen) atoms. The number of hydrogen-bond acceptors (Lipinski definition) is 5. The summed E-state index contributed by atoms with van der Waals surface area (Å²) in [5, 5.41) is 0. The van der Waals surface area contributed by atoms with Crippen molar-refractivity contribution in [1.82, 2.24) is 24.8 Å².